The molecule has 1 aromatic carbocycles. The SMILES string of the molecule is O=C1COC(c2ccc(OC(F)(F)F)c(Cl)c2)CN1. The number of alkyl halides is 3. The number of amides is 1. The zero-order valence-electron chi connectivity index (χ0n) is 9.46. The molecule has 0 aliphatic carbocycles. The lowest BCUT2D eigenvalue weighted by Gasteiger charge is -2.24. The van der Waals surface area contributed by atoms with Crippen LogP contribution in [0, 0.1) is 0 Å². The molecular weight excluding hydrogens is 287 g/mol. The normalized spacial score (nSPS) is 20.0. The molecule has 104 valence electrons. The van der Waals surface area contributed by atoms with E-state index in [-0.39, 0.29) is 24.1 Å². The number of hydrogen-bond donors (Lipinski definition) is 1. The fourth-order valence-corrected chi connectivity index (χ4v) is 1.86. The summed E-state index contributed by atoms with van der Waals surface area (Å²) < 4.78 is 45.2. The molecule has 1 N–H and O–H groups in total. The number of halogens is 4. The van der Waals surface area contributed by atoms with Gasteiger partial charge in [0.05, 0.1) is 5.02 Å². The summed E-state index contributed by atoms with van der Waals surface area (Å²) in [6.07, 6.45) is -5.23. The smallest absolute Gasteiger partial charge is 0.404 e. The highest BCUT2D eigenvalue weighted by molar-refractivity contribution is 6.32. The van der Waals surface area contributed by atoms with Crippen LogP contribution < -0.4 is 10.1 Å². The van der Waals surface area contributed by atoms with E-state index in [4.69, 9.17) is 16.3 Å². The Hall–Kier alpha value is -1.47. The van der Waals surface area contributed by atoms with Crippen LogP contribution in [0.15, 0.2) is 18.2 Å². The van der Waals surface area contributed by atoms with Crippen LogP contribution in [-0.4, -0.2) is 25.4 Å². The number of carbonyl (C=O) groups is 1. The molecule has 1 amide bonds. The second-order valence-electron chi connectivity index (χ2n) is 3.84. The molecular formula is C11H9ClF3NO3. The monoisotopic (exact) mass is 295 g/mol. The molecule has 4 nitrogen and oxygen atoms in total. The molecule has 1 aliphatic heterocycles. The van der Waals surface area contributed by atoms with Crippen molar-refractivity contribution in [2.45, 2.75) is 12.5 Å². The fourth-order valence-electron chi connectivity index (χ4n) is 1.63. The van der Waals surface area contributed by atoms with Crippen LogP contribution in [0.5, 0.6) is 5.75 Å². The molecule has 0 saturated carbocycles. The minimum absolute atomic E-state index is 0.0942. The van der Waals surface area contributed by atoms with E-state index in [2.05, 4.69) is 10.1 Å². The van der Waals surface area contributed by atoms with Gasteiger partial charge in [0, 0.05) is 6.54 Å². The number of nitrogens with one attached hydrogen (secondary N) is 1. The molecule has 1 heterocycles. The number of hydrogen-bond acceptors (Lipinski definition) is 3. The Labute approximate surface area is 111 Å². The van der Waals surface area contributed by atoms with Crippen LogP contribution in [0.3, 0.4) is 0 Å². The molecule has 1 unspecified atom stereocenters. The molecule has 19 heavy (non-hydrogen) atoms. The maximum absolute atomic E-state index is 12.1. The fraction of sp³-hybridized carbons (Fsp3) is 0.364. The van der Waals surface area contributed by atoms with E-state index in [1.54, 1.807) is 0 Å². The Morgan fingerprint density at radius 2 is 2.16 bits per heavy atom. The van der Waals surface area contributed by atoms with E-state index >= 15 is 0 Å². The van der Waals surface area contributed by atoms with Gasteiger partial charge < -0.3 is 14.8 Å². The molecule has 0 aromatic heterocycles. The summed E-state index contributed by atoms with van der Waals surface area (Å²) in [7, 11) is 0. The Bertz CT molecular complexity index is 483. The highest BCUT2D eigenvalue weighted by Crippen LogP contribution is 2.33. The van der Waals surface area contributed by atoms with Crippen LogP contribution in [0.2, 0.25) is 5.02 Å². The topological polar surface area (TPSA) is 47.6 Å². The molecule has 1 aliphatic rings. The maximum Gasteiger partial charge on any atom is 0.573 e. The summed E-state index contributed by atoms with van der Waals surface area (Å²) >= 11 is 5.72. The third-order valence-electron chi connectivity index (χ3n) is 2.45. The van der Waals surface area contributed by atoms with Crippen LogP contribution >= 0.6 is 11.6 Å². The van der Waals surface area contributed by atoms with Gasteiger partial charge in [0.25, 0.3) is 0 Å². The third-order valence-corrected chi connectivity index (χ3v) is 2.75. The van der Waals surface area contributed by atoms with Gasteiger partial charge in [0.15, 0.2) is 0 Å². The van der Waals surface area contributed by atoms with Crippen molar-refractivity contribution in [2.75, 3.05) is 13.2 Å². The summed E-state index contributed by atoms with van der Waals surface area (Å²) in [5.74, 6) is -0.711. The molecule has 0 radical (unpaired) electrons. The van der Waals surface area contributed by atoms with Gasteiger partial charge in [0.1, 0.15) is 18.5 Å². The van der Waals surface area contributed by atoms with E-state index in [1.807, 2.05) is 0 Å². The summed E-state index contributed by atoms with van der Waals surface area (Å²) in [4.78, 5) is 10.9. The van der Waals surface area contributed by atoms with Crippen molar-refractivity contribution in [3.8, 4) is 5.75 Å². The lowest BCUT2D eigenvalue weighted by atomic mass is 10.1. The van der Waals surface area contributed by atoms with Crippen LogP contribution in [0.4, 0.5) is 13.2 Å². The van der Waals surface area contributed by atoms with Crippen molar-refractivity contribution in [3.63, 3.8) is 0 Å². The lowest BCUT2D eigenvalue weighted by molar-refractivity contribution is -0.274. The van der Waals surface area contributed by atoms with Gasteiger partial charge in [-0.25, -0.2) is 0 Å². The van der Waals surface area contributed by atoms with E-state index in [1.165, 1.54) is 12.1 Å². The Balaban J connectivity index is 2.12. The number of morpholine rings is 1. The quantitative estimate of drug-likeness (QED) is 0.911. The molecule has 0 bridgehead atoms. The van der Waals surface area contributed by atoms with Gasteiger partial charge in [-0.3, -0.25) is 4.79 Å². The highest BCUT2D eigenvalue weighted by Gasteiger charge is 2.32. The maximum atomic E-state index is 12.1. The van der Waals surface area contributed by atoms with Crippen molar-refractivity contribution in [3.05, 3.63) is 28.8 Å². The number of benzene rings is 1. The summed E-state index contributed by atoms with van der Waals surface area (Å²) in [6.45, 7) is 0.151. The van der Waals surface area contributed by atoms with E-state index in [0.717, 1.165) is 6.07 Å². The van der Waals surface area contributed by atoms with Crippen molar-refractivity contribution in [1.82, 2.24) is 5.32 Å². The second-order valence-corrected chi connectivity index (χ2v) is 4.25. The van der Waals surface area contributed by atoms with Gasteiger partial charge in [-0.1, -0.05) is 17.7 Å². The van der Waals surface area contributed by atoms with Crippen LogP contribution in [0.1, 0.15) is 11.7 Å². The highest BCUT2D eigenvalue weighted by atomic mass is 35.5. The minimum atomic E-state index is -4.79. The van der Waals surface area contributed by atoms with Crippen molar-refractivity contribution in [1.29, 1.82) is 0 Å². The standard InChI is InChI=1S/C11H9ClF3NO3/c12-7-3-6(9-4-16-10(17)5-18-9)1-2-8(7)19-11(13,14)15/h1-3,9H,4-5H2,(H,16,17). The second kappa shape index (κ2) is 5.26. The average molecular weight is 296 g/mol. The molecule has 1 aromatic rings. The Kier molecular flexibility index (Phi) is 3.86. The lowest BCUT2D eigenvalue weighted by Crippen LogP contribution is -2.38. The molecule has 1 saturated heterocycles. The minimum Gasteiger partial charge on any atom is -0.404 e. The Morgan fingerprint density at radius 3 is 2.68 bits per heavy atom. The van der Waals surface area contributed by atoms with Crippen molar-refractivity contribution < 1.29 is 27.4 Å². The third kappa shape index (κ3) is 3.74. The van der Waals surface area contributed by atoms with Gasteiger partial charge in [-0.15, -0.1) is 13.2 Å². The molecule has 0 spiro atoms. The Morgan fingerprint density at radius 1 is 1.42 bits per heavy atom. The number of ether oxygens (including phenoxy) is 2. The molecule has 8 heteroatoms. The van der Waals surface area contributed by atoms with E-state index in [0.29, 0.717) is 5.56 Å². The molecule has 2 rings (SSSR count). The van der Waals surface area contributed by atoms with E-state index in [9.17, 15) is 18.0 Å². The average Bonchev–Trinajstić information content (AvgIpc) is 2.31. The first-order chi connectivity index (χ1) is 8.85. The first-order valence-electron chi connectivity index (χ1n) is 5.28. The summed E-state index contributed by atoms with van der Waals surface area (Å²) in [5, 5.41) is 2.41. The largest absolute Gasteiger partial charge is 0.573 e. The zero-order valence-corrected chi connectivity index (χ0v) is 10.2. The molecule has 1 atom stereocenters. The first-order valence-corrected chi connectivity index (χ1v) is 5.66. The summed E-state index contributed by atoms with van der Waals surface area (Å²) in [5.41, 5.74) is 0.569. The van der Waals surface area contributed by atoms with Crippen molar-refractivity contribution >= 4 is 17.5 Å². The number of rotatable bonds is 2. The van der Waals surface area contributed by atoms with Gasteiger partial charge >= 0.3 is 6.36 Å². The number of carbonyl (C=O) groups excluding carboxylic acids is 1. The van der Waals surface area contributed by atoms with Gasteiger partial charge in [-0.2, -0.15) is 0 Å². The first kappa shape index (κ1) is 14.0. The molecule has 1 fully saturated rings. The van der Waals surface area contributed by atoms with E-state index < -0.39 is 18.2 Å². The predicted octanol–water partition coefficient (Wildman–Crippen LogP) is 2.43. The van der Waals surface area contributed by atoms with Gasteiger partial charge in [0.2, 0.25) is 5.91 Å². The van der Waals surface area contributed by atoms with Crippen LogP contribution in [0.25, 0.3) is 0 Å². The predicted molar refractivity (Wildman–Crippen MR) is 59.8 cm³/mol. The van der Waals surface area contributed by atoms with Crippen LogP contribution in [-0.2, 0) is 9.53 Å². The zero-order chi connectivity index (χ0) is 14.0. The summed E-state index contributed by atoms with van der Waals surface area (Å²) in [6, 6.07) is 3.85. The van der Waals surface area contributed by atoms with Gasteiger partial charge in [-0.05, 0) is 17.7 Å². The van der Waals surface area contributed by atoms with Crippen molar-refractivity contribution in [2.24, 2.45) is 0 Å².